The van der Waals surface area contributed by atoms with Gasteiger partial charge in [0.2, 0.25) is 0 Å². The van der Waals surface area contributed by atoms with E-state index in [1.54, 1.807) is 0 Å². The molecule has 2 aliphatic rings. The van der Waals surface area contributed by atoms with Gasteiger partial charge in [-0.05, 0) is 30.2 Å². The molecular weight excluding hydrogens is 162 g/mol. The van der Waals surface area contributed by atoms with Gasteiger partial charge in [0.1, 0.15) is 5.75 Å². The predicted molar refractivity (Wildman–Crippen MR) is 51.0 cm³/mol. The van der Waals surface area contributed by atoms with Crippen molar-refractivity contribution < 1.29 is 4.74 Å². The van der Waals surface area contributed by atoms with Crippen LogP contribution in [0.25, 0.3) is 0 Å². The molecule has 0 radical (unpaired) electrons. The van der Waals surface area contributed by atoms with Crippen molar-refractivity contribution in [3.8, 4) is 5.75 Å². The second-order valence-corrected chi connectivity index (χ2v) is 3.76. The van der Waals surface area contributed by atoms with E-state index in [9.17, 15) is 0 Å². The summed E-state index contributed by atoms with van der Waals surface area (Å²) in [4.78, 5) is 0. The van der Waals surface area contributed by atoms with Crippen LogP contribution in [-0.2, 0) is 6.42 Å². The minimum absolute atomic E-state index is 0.603. The summed E-state index contributed by atoms with van der Waals surface area (Å²) < 4.78 is 5.46. The summed E-state index contributed by atoms with van der Waals surface area (Å²) in [5, 5.41) is 3.41. The van der Waals surface area contributed by atoms with E-state index < -0.39 is 0 Å². The highest BCUT2D eigenvalue weighted by Gasteiger charge is 2.20. The SMILES string of the molecule is c1cc2c(cc1[C@H]1CCN1)CCO2. The fourth-order valence-electron chi connectivity index (χ4n) is 2.00. The molecule has 3 rings (SSSR count). The Bertz CT molecular complexity index is 331. The lowest BCUT2D eigenvalue weighted by molar-refractivity contribution is 0.356. The first-order chi connectivity index (χ1) is 6.43. The topological polar surface area (TPSA) is 21.3 Å². The second kappa shape index (κ2) is 2.74. The summed E-state index contributed by atoms with van der Waals surface area (Å²) in [6, 6.07) is 7.18. The van der Waals surface area contributed by atoms with Crippen LogP contribution < -0.4 is 10.1 Å². The number of nitrogens with one attached hydrogen (secondary N) is 1. The van der Waals surface area contributed by atoms with Crippen LogP contribution in [0.4, 0.5) is 0 Å². The maximum atomic E-state index is 5.46. The van der Waals surface area contributed by atoms with Crippen molar-refractivity contribution in [3.05, 3.63) is 29.3 Å². The third-order valence-corrected chi connectivity index (χ3v) is 2.94. The molecule has 0 bridgehead atoms. The van der Waals surface area contributed by atoms with Crippen molar-refractivity contribution in [2.75, 3.05) is 13.2 Å². The minimum Gasteiger partial charge on any atom is -0.493 e. The van der Waals surface area contributed by atoms with E-state index in [1.807, 2.05) is 0 Å². The van der Waals surface area contributed by atoms with Gasteiger partial charge >= 0.3 is 0 Å². The van der Waals surface area contributed by atoms with Gasteiger partial charge in [-0.1, -0.05) is 12.1 Å². The van der Waals surface area contributed by atoms with E-state index >= 15 is 0 Å². The number of ether oxygens (including phenoxy) is 1. The molecule has 1 N–H and O–H groups in total. The molecule has 0 saturated carbocycles. The normalized spacial score (nSPS) is 24.8. The van der Waals surface area contributed by atoms with Gasteiger partial charge < -0.3 is 10.1 Å². The number of hydrogen-bond donors (Lipinski definition) is 1. The fraction of sp³-hybridized carbons (Fsp3) is 0.455. The molecule has 2 heterocycles. The molecular formula is C11H13NO. The first-order valence-corrected chi connectivity index (χ1v) is 4.92. The van der Waals surface area contributed by atoms with Crippen molar-refractivity contribution in [1.29, 1.82) is 0 Å². The summed E-state index contributed by atoms with van der Waals surface area (Å²) in [6.07, 6.45) is 2.36. The second-order valence-electron chi connectivity index (χ2n) is 3.76. The van der Waals surface area contributed by atoms with Crippen molar-refractivity contribution >= 4 is 0 Å². The molecule has 0 unspecified atom stereocenters. The Morgan fingerprint density at radius 2 is 2.31 bits per heavy atom. The monoisotopic (exact) mass is 175 g/mol. The van der Waals surface area contributed by atoms with Gasteiger partial charge in [-0.15, -0.1) is 0 Å². The van der Waals surface area contributed by atoms with E-state index in [0.29, 0.717) is 6.04 Å². The first-order valence-electron chi connectivity index (χ1n) is 4.92. The summed E-state index contributed by atoms with van der Waals surface area (Å²) in [5.74, 6) is 1.09. The van der Waals surface area contributed by atoms with Crippen molar-refractivity contribution in [3.63, 3.8) is 0 Å². The highest BCUT2D eigenvalue weighted by molar-refractivity contribution is 5.41. The average molecular weight is 175 g/mol. The maximum absolute atomic E-state index is 5.46. The zero-order valence-corrected chi connectivity index (χ0v) is 7.55. The predicted octanol–water partition coefficient (Wildman–Crippen LogP) is 1.66. The molecule has 0 aliphatic carbocycles. The molecule has 1 atom stereocenters. The van der Waals surface area contributed by atoms with Crippen molar-refractivity contribution in [2.45, 2.75) is 18.9 Å². The Hall–Kier alpha value is -1.02. The highest BCUT2D eigenvalue weighted by atomic mass is 16.5. The van der Waals surface area contributed by atoms with E-state index in [2.05, 4.69) is 23.5 Å². The number of rotatable bonds is 1. The average Bonchev–Trinajstić information content (AvgIpc) is 2.47. The summed E-state index contributed by atoms with van der Waals surface area (Å²) in [6.45, 7) is 2.02. The first kappa shape index (κ1) is 7.39. The van der Waals surface area contributed by atoms with Gasteiger partial charge in [0.25, 0.3) is 0 Å². The van der Waals surface area contributed by atoms with Crippen LogP contribution >= 0.6 is 0 Å². The summed E-state index contributed by atoms with van der Waals surface area (Å²) in [5.41, 5.74) is 2.81. The molecule has 13 heavy (non-hydrogen) atoms. The van der Waals surface area contributed by atoms with Gasteiger partial charge in [-0.2, -0.15) is 0 Å². The van der Waals surface area contributed by atoms with Gasteiger partial charge in [0, 0.05) is 12.5 Å². The highest BCUT2D eigenvalue weighted by Crippen LogP contribution is 2.30. The molecule has 1 aromatic rings. The van der Waals surface area contributed by atoms with Crippen LogP contribution in [0.2, 0.25) is 0 Å². The van der Waals surface area contributed by atoms with Crippen molar-refractivity contribution in [2.24, 2.45) is 0 Å². The van der Waals surface area contributed by atoms with E-state index in [4.69, 9.17) is 4.74 Å². The zero-order chi connectivity index (χ0) is 8.67. The van der Waals surface area contributed by atoms with Gasteiger partial charge in [0.05, 0.1) is 6.61 Å². The molecule has 0 amide bonds. The smallest absolute Gasteiger partial charge is 0.122 e. The van der Waals surface area contributed by atoms with Gasteiger partial charge in [-0.3, -0.25) is 0 Å². The fourth-order valence-corrected chi connectivity index (χ4v) is 2.00. The minimum atomic E-state index is 0.603. The van der Waals surface area contributed by atoms with E-state index in [-0.39, 0.29) is 0 Å². The largest absolute Gasteiger partial charge is 0.493 e. The maximum Gasteiger partial charge on any atom is 0.122 e. The van der Waals surface area contributed by atoms with E-state index in [0.717, 1.165) is 25.3 Å². The quantitative estimate of drug-likeness (QED) is 0.700. The molecule has 1 fully saturated rings. The number of hydrogen-bond acceptors (Lipinski definition) is 2. The van der Waals surface area contributed by atoms with Crippen LogP contribution in [0.5, 0.6) is 5.75 Å². The molecule has 2 aliphatic heterocycles. The molecule has 2 nitrogen and oxygen atoms in total. The van der Waals surface area contributed by atoms with Crippen LogP contribution in [0.1, 0.15) is 23.6 Å². The van der Waals surface area contributed by atoms with E-state index in [1.165, 1.54) is 17.5 Å². The summed E-state index contributed by atoms with van der Waals surface area (Å²) >= 11 is 0. The molecule has 1 saturated heterocycles. The lowest BCUT2D eigenvalue weighted by Crippen LogP contribution is -2.34. The molecule has 0 aromatic heterocycles. The Balaban J connectivity index is 1.95. The Labute approximate surface area is 77.9 Å². The molecule has 68 valence electrons. The van der Waals surface area contributed by atoms with Crippen LogP contribution in [-0.4, -0.2) is 13.2 Å². The zero-order valence-electron chi connectivity index (χ0n) is 7.55. The molecule has 2 heteroatoms. The summed E-state index contributed by atoms with van der Waals surface area (Å²) in [7, 11) is 0. The third-order valence-electron chi connectivity index (χ3n) is 2.94. The lowest BCUT2D eigenvalue weighted by atomic mass is 9.96. The number of fused-ring (bicyclic) bond motifs is 1. The Morgan fingerprint density at radius 3 is 3.08 bits per heavy atom. The van der Waals surface area contributed by atoms with Gasteiger partial charge in [-0.25, -0.2) is 0 Å². The van der Waals surface area contributed by atoms with Crippen LogP contribution in [0.3, 0.4) is 0 Å². The Kier molecular flexibility index (Phi) is 1.56. The standard InChI is InChI=1S/C11H13NO/c1-2-11-9(4-6-13-11)7-8(1)10-3-5-12-10/h1-2,7,10,12H,3-6H2/t10-/m1/s1. The number of benzene rings is 1. The van der Waals surface area contributed by atoms with Crippen LogP contribution in [0, 0.1) is 0 Å². The molecule has 0 spiro atoms. The molecule has 1 aromatic carbocycles. The van der Waals surface area contributed by atoms with Crippen molar-refractivity contribution in [1.82, 2.24) is 5.32 Å². The lowest BCUT2D eigenvalue weighted by Gasteiger charge is -2.28. The Morgan fingerprint density at radius 1 is 1.38 bits per heavy atom. The van der Waals surface area contributed by atoms with Crippen LogP contribution in [0.15, 0.2) is 18.2 Å². The third kappa shape index (κ3) is 1.13. The van der Waals surface area contributed by atoms with Gasteiger partial charge in [0.15, 0.2) is 0 Å².